The second-order valence-electron chi connectivity index (χ2n) is 17.1. The number of unbranched alkanes of at least 4 members (excludes halogenated alkanes) is 22. The zero-order chi connectivity index (χ0) is 42.7. The summed E-state index contributed by atoms with van der Waals surface area (Å²) in [6, 6.07) is 0. The topological polar surface area (TPSA) is 91.3 Å². The Morgan fingerprint density at radius 1 is 0.552 bits per heavy atom. The normalized spacial score (nSPS) is 14.1. The van der Waals surface area contributed by atoms with Gasteiger partial charge in [0.25, 0.3) is 0 Å². The van der Waals surface area contributed by atoms with Crippen LogP contribution in [-0.4, -0.2) is 75.6 Å². The summed E-state index contributed by atoms with van der Waals surface area (Å²) in [7, 11) is 1.66. The molecule has 1 N–H and O–H groups in total. The molecule has 9 heteroatoms. The lowest BCUT2D eigenvalue weighted by Crippen LogP contribution is -2.37. The van der Waals surface area contributed by atoms with Crippen LogP contribution in [0, 0.1) is 0 Å². The first-order chi connectivity index (χ1) is 28.1. The summed E-state index contributed by atoms with van der Waals surface area (Å²) < 4.78 is 35.1. The molecule has 0 aromatic carbocycles. The smallest absolute Gasteiger partial charge is 0.457 e. The molecule has 0 aliphatic heterocycles. The number of phosphoric ester groups is 1. The van der Waals surface area contributed by atoms with Crippen LogP contribution in [0.15, 0.2) is 48.6 Å². The summed E-state index contributed by atoms with van der Waals surface area (Å²) in [5.41, 5.74) is 0. The molecule has 2 unspecified atom stereocenters. The SMILES string of the molecule is CC/C=C\C/C=C\C/C=C\CCCCCCCCCC(=O)OC(COCCCCCCCCCC/C=C\CCCCCCCCC)COP(=O)(O)OCC[N+](C)(C)C. The highest BCUT2D eigenvalue weighted by molar-refractivity contribution is 7.47. The van der Waals surface area contributed by atoms with Crippen LogP contribution in [0.2, 0.25) is 0 Å². The van der Waals surface area contributed by atoms with Crippen molar-refractivity contribution in [1.82, 2.24) is 0 Å². The van der Waals surface area contributed by atoms with Gasteiger partial charge in [-0.1, -0.05) is 172 Å². The van der Waals surface area contributed by atoms with Crippen LogP contribution in [0.5, 0.6) is 0 Å². The molecule has 0 aromatic rings. The van der Waals surface area contributed by atoms with Crippen LogP contribution in [-0.2, 0) is 27.9 Å². The molecule has 0 aliphatic carbocycles. The highest BCUT2D eigenvalue weighted by Crippen LogP contribution is 2.43. The van der Waals surface area contributed by atoms with Gasteiger partial charge >= 0.3 is 13.8 Å². The lowest BCUT2D eigenvalue weighted by molar-refractivity contribution is -0.870. The van der Waals surface area contributed by atoms with Crippen molar-refractivity contribution in [3.63, 3.8) is 0 Å². The molecular weight excluding hydrogens is 746 g/mol. The third kappa shape index (κ3) is 45.5. The Hall–Kier alpha value is -1.54. The minimum Gasteiger partial charge on any atom is -0.457 e. The van der Waals surface area contributed by atoms with Crippen molar-refractivity contribution in [1.29, 1.82) is 0 Å². The van der Waals surface area contributed by atoms with Crippen LogP contribution < -0.4 is 0 Å². The quantitative estimate of drug-likeness (QED) is 0.0215. The first kappa shape index (κ1) is 56.5. The number of carbonyl (C=O) groups excluding carboxylic acids is 1. The minimum atomic E-state index is -4.28. The summed E-state index contributed by atoms with van der Waals surface area (Å²) in [5.74, 6) is -0.325. The van der Waals surface area contributed by atoms with Gasteiger partial charge in [-0.2, -0.15) is 0 Å². The van der Waals surface area contributed by atoms with Gasteiger partial charge in [-0.15, -0.1) is 0 Å². The van der Waals surface area contributed by atoms with E-state index in [1.807, 2.05) is 21.1 Å². The average molecular weight is 839 g/mol. The Bertz CT molecular complexity index is 1070. The number of hydrogen-bond donors (Lipinski definition) is 1. The van der Waals surface area contributed by atoms with Gasteiger partial charge < -0.3 is 18.9 Å². The van der Waals surface area contributed by atoms with Crippen molar-refractivity contribution in [2.75, 3.05) is 54.1 Å². The van der Waals surface area contributed by atoms with Crippen LogP contribution in [0.4, 0.5) is 0 Å². The van der Waals surface area contributed by atoms with Crippen LogP contribution in [0.1, 0.15) is 200 Å². The molecule has 0 aromatic heterocycles. The van der Waals surface area contributed by atoms with Crippen LogP contribution >= 0.6 is 7.82 Å². The monoisotopic (exact) mass is 839 g/mol. The zero-order valence-electron chi connectivity index (χ0n) is 38.5. The summed E-state index contributed by atoms with van der Waals surface area (Å²) in [6.07, 6.45) is 51.5. The molecule has 8 nitrogen and oxygen atoms in total. The first-order valence-electron chi connectivity index (χ1n) is 23.9. The summed E-state index contributed by atoms with van der Waals surface area (Å²) in [6.45, 7) is 5.50. The maximum atomic E-state index is 12.7. The first-order valence-corrected chi connectivity index (χ1v) is 25.4. The Kier molecular flexibility index (Phi) is 41.0. The number of hydrogen-bond acceptors (Lipinski definition) is 6. The Labute approximate surface area is 358 Å². The van der Waals surface area contributed by atoms with Crippen molar-refractivity contribution < 1.29 is 37.3 Å². The van der Waals surface area contributed by atoms with Gasteiger partial charge in [0.2, 0.25) is 0 Å². The van der Waals surface area contributed by atoms with Crippen LogP contribution in [0.3, 0.4) is 0 Å². The maximum absolute atomic E-state index is 12.7. The number of rotatable bonds is 44. The van der Waals surface area contributed by atoms with E-state index in [1.165, 1.54) is 122 Å². The minimum absolute atomic E-state index is 0.0848. The second-order valence-corrected chi connectivity index (χ2v) is 18.6. The molecule has 58 heavy (non-hydrogen) atoms. The highest BCUT2D eigenvalue weighted by Gasteiger charge is 2.26. The number of likely N-dealkylation sites (N-methyl/N-ethyl adjacent to an activating group) is 1. The Morgan fingerprint density at radius 3 is 1.52 bits per heavy atom. The lowest BCUT2D eigenvalue weighted by Gasteiger charge is -2.24. The van der Waals surface area contributed by atoms with E-state index >= 15 is 0 Å². The van der Waals surface area contributed by atoms with Gasteiger partial charge in [0, 0.05) is 13.0 Å². The molecule has 340 valence electrons. The van der Waals surface area contributed by atoms with Gasteiger partial charge in [0.15, 0.2) is 0 Å². The van der Waals surface area contributed by atoms with Crippen LogP contribution in [0.25, 0.3) is 0 Å². The fraction of sp³-hybridized carbons (Fsp3) is 0.816. The molecule has 2 atom stereocenters. The summed E-state index contributed by atoms with van der Waals surface area (Å²) in [4.78, 5) is 22.9. The number of nitrogens with zero attached hydrogens (tertiary/aromatic N) is 1. The molecule has 0 spiro atoms. The van der Waals surface area contributed by atoms with E-state index in [1.54, 1.807) is 0 Å². The molecule has 0 radical (unpaired) electrons. The predicted molar refractivity (Wildman–Crippen MR) is 247 cm³/mol. The molecule has 0 saturated carbocycles. The predicted octanol–water partition coefficient (Wildman–Crippen LogP) is 14.3. The molecule has 0 rings (SSSR count). The standard InChI is InChI=1S/C49H92NO7P/c1-6-8-10-12-14-16-18-20-22-24-25-27-29-31-33-35-37-39-41-44-54-46-48(47-56-58(52,53)55-45-43-50(3,4)5)57-49(51)42-40-38-36-34-32-30-28-26-23-21-19-17-15-13-11-9-7-2/h9,11,15,17,21-24,48H,6-8,10,12-14,16,18-20,25-47H2,1-5H3/p+1/b11-9-,17-15-,23-21-,24-22-. The maximum Gasteiger partial charge on any atom is 0.472 e. The van der Waals surface area contributed by atoms with E-state index < -0.39 is 13.9 Å². The Morgan fingerprint density at radius 2 is 1.00 bits per heavy atom. The van der Waals surface area contributed by atoms with E-state index in [9.17, 15) is 14.3 Å². The molecule has 0 fully saturated rings. The fourth-order valence-corrected chi connectivity index (χ4v) is 7.19. The Balaban J connectivity index is 4.20. The van der Waals surface area contributed by atoms with Gasteiger partial charge in [-0.3, -0.25) is 13.8 Å². The molecule has 0 aliphatic rings. The van der Waals surface area contributed by atoms with Crippen molar-refractivity contribution >= 4 is 13.8 Å². The second kappa shape index (κ2) is 42.2. The zero-order valence-corrected chi connectivity index (χ0v) is 39.4. The van der Waals surface area contributed by atoms with E-state index in [0.29, 0.717) is 24.1 Å². The number of phosphoric acid groups is 1. The number of ether oxygens (including phenoxy) is 2. The van der Waals surface area contributed by atoms with Crippen molar-refractivity contribution in [2.45, 2.75) is 206 Å². The summed E-state index contributed by atoms with van der Waals surface area (Å²) in [5, 5.41) is 0. The van der Waals surface area contributed by atoms with E-state index in [4.69, 9.17) is 18.5 Å². The third-order valence-corrected chi connectivity index (χ3v) is 11.1. The fourth-order valence-electron chi connectivity index (χ4n) is 6.44. The lowest BCUT2D eigenvalue weighted by atomic mass is 10.1. The molecule has 0 heterocycles. The van der Waals surface area contributed by atoms with Gasteiger partial charge in [-0.25, -0.2) is 4.57 Å². The van der Waals surface area contributed by atoms with Crippen molar-refractivity contribution in [2.24, 2.45) is 0 Å². The molecule has 0 amide bonds. The van der Waals surface area contributed by atoms with E-state index in [-0.39, 0.29) is 25.8 Å². The average Bonchev–Trinajstić information content (AvgIpc) is 3.18. The van der Waals surface area contributed by atoms with Crippen molar-refractivity contribution in [3.05, 3.63) is 48.6 Å². The third-order valence-electron chi connectivity index (χ3n) is 10.1. The number of quaternary nitrogens is 1. The van der Waals surface area contributed by atoms with Gasteiger partial charge in [-0.05, 0) is 70.6 Å². The van der Waals surface area contributed by atoms with Crippen molar-refractivity contribution in [3.8, 4) is 0 Å². The number of carbonyl (C=O) groups is 1. The molecule has 0 bridgehead atoms. The van der Waals surface area contributed by atoms with Gasteiger partial charge in [0.1, 0.15) is 19.3 Å². The molecular formula is C49H93NO7P+. The largest absolute Gasteiger partial charge is 0.472 e. The van der Waals surface area contributed by atoms with Gasteiger partial charge in [0.05, 0.1) is 34.4 Å². The molecule has 0 saturated heterocycles. The van der Waals surface area contributed by atoms with E-state index in [0.717, 1.165) is 57.8 Å². The van der Waals surface area contributed by atoms with E-state index in [2.05, 4.69) is 62.5 Å². The highest BCUT2D eigenvalue weighted by atomic mass is 31.2. The summed E-state index contributed by atoms with van der Waals surface area (Å²) >= 11 is 0. The number of allylic oxidation sites excluding steroid dienone is 8. The number of esters is 1.